The summed E-state index contributed by atoms with van der Waals surface area (Å²) in [5, 5.41) is 15.9. The standard InChI is InChI=1S/C21H24Cl2N2O3/c1-14(10-11-26)24-21(28)19(12-15-2-6-17(22)7-3-15)25-20(27)13-16-4-8-18(23)9-5-16/h2-9,14,19,26H,10-13H2,1H3,(H,24,28)(H,25,27)/t14?,19-/m1/s1. The number of nitrogens with one attached hydrogen (secondary N) is 2. The zero-order valence-electron chi connectivity index (χ0n) is 15.6. The van der Waals surface area contributed by atoms with Gasteiger partial charge in [-0.3, -0.25) is 9.59 Å². The van der Waals surface area contributed by atoms with Crippen molar-refractivity contribution in [2.45, 2.75) is 38.3 Å². The molecular formula is C21H24Cl2N2O3. The largest absolute Gasteiger partial charge is 0.396 e. The summed E-state index contributed by atoms with van der Waals surface area (Å²) in [5.74, 6) is -0.549. The van der Waals surface area contributed by atoms with Crippen LogP contribution in [-0.2, 0) is 22.4 Å². The van der Waals surface area contributed by atoms with E-state index in [9.17, 15) is 9.59 Å². The molecule has 2 aromatic carbocycles. The summed E-state index contributed by atoms with van der Waals surface area (Å²) in [6.45, 7) is 1.79. The first-order chi connectivity index (χ1) is 13.4. The Hall–Kier alpha value is -2.08. The molecule has 2 amide bonds. The summed E-state index contributed by atoms with van der Waals surface area (Å²) < 4.78 is 0. The fraction of sp³-hybridized carbons (Fsp3) is 0.333. The number of amides is 2. The molecule has 0 aliphatic rings. The van der Waals surface area contributed by atoms with Crippen LogP contribution in [0.15, 0.2) is 48.5 Å². The summed E-state index contributed by atoms with van der Waals surface area (Å²) in [6.07, 6.45) is 0.924. The van der Waals surface area contributed by atoms with Gasteiger partial charge in [-0.2, -0.15) is 0 Å². The van der Waals surface area contributed by atoms with Crippen molar-refractivity contribution in [1.29, 1.82) is 0 Å². The Morgan fingerprint density at radius 1 is 0.929 bits per heavy atom. The van der Waals surface area contributed by atoms with E-state index in [4.69, 9.17) is 28.3 Å². The summed E-state index contributed by atoms with van der Waals surface area (Å²) >= 11 is 11.8. The highest BCUT2D eigenvalue weighted by Gasteiger charge is 2.22. The summed E-state index contributed by atoms with van der Waals surface area (Å²) in [5.41, 5.74) is 1.69. The quantitative estimate of drug-likeness (QED) is 0.580. The van der Waals surface area contributed by atoms with Gasteiger partial charge in [-0.25, -0.2) is 0 Å². The number of halogens is 2. The van der Waals surface area contributed by atoms with Crippen LogP contribution < -0.4 is 10.6 Å². The lowest BCUT2D eigenvalue weighted by atomic mass is 10.0. The maximum absolute atomic E-state index is 12.7. The second kappa shape index (κ2) is 11.1. The number of benzene rings is 2. The highest BCUT2D eigenvalue weighted by Crippen LogP contribution is 2.13. The number of carbonyl (C=O) groups is 2. The number of hydrogen-bond donors (Lipinski definition) is 3. The van der Waals surface area contributed by atoms with E-state index in [1.807, 2.05) is 19.1 Å². The summed E-state index contributed by atoms with van der Waals surface area (Å²) in [7, 11) is 0. The van der Waals surface area contributed by atoms with Gasteiger partial charge in [-0.1, -0.05) is 47.5 Å². The first kappa shape index (κ1) is 22.2. The first-order valence-corrected chi connectivity index (χ1v) is 9.82. The van der Waals surface area contributed by atoms with Crippen molar-refractivity contribution in [1.82, 2.24) is 10.6 Å². The van der Waals surface area contributed by atoms with Crippen LogP contribution in [0.3, 0.4) is 0 Å². The van der Waals surface area contributed by atoms with Crippen molar-refractivity contribution >= 4 is 35.0 Å². The molecule has 0 aliphatic carbocycles. The Kier molecular flexibility index (Phi) is 8.77. The number of hydrogen-bond acceptors (Lipinski definition) is 3. The van der Waals surface area contributed by atoms with Crippen molar-refractivity contribution in [2.75, 3.05) is 6.61 Å². The molecule has 0 heterocycles. The maximum Gasteiger partial charge on any atom is 0.243 e. The molecule has 3 N–H and O–H groups in total. The highest BCUT2D eigenvalue weighted by molar-refractivity contribution is 6.30. The van der Waals surface area contributed by atoms with Gasteiger partial charge in [0.25, 0.3) is 0 Å². The molecule has 0 bridgehead atoms. The molecule has 0 radical (unpaired) electrons. The van der Waals surface area contributed by atoms with Crippen LogP contribution in [0.5, 0.6) is 0 Å². The number of rotatable bonds is 9. The third-order valence-electron chi connectivity index (χ3n) is 4.23. The van der Waals surface area contributed by atoms with Crippen molar-refractivity contribution < 1.29 is 14.7 Å². The lowest BCUT2D eigenvalue weighted by Gasteiger charge is -2.21. The Bertz CT molecular complexity index is 779. The van der Waals surface area contributed by atoms with E-state index in [0.717, 1.165) is 11.1 Å². The van der Waals surface area contributed by atoms with Gasteiger partial charge in [-0.05, 0) is 48.7 Å². The SMILES string of the molecule is CC(CCO)NC(=O)[C@@H](Cc1ccc(Cl)cc1)NC(=O)Cc1ccc(Cl)cc1. The predicted octanol–water partition coefficient (Wildman–Crippen LogP) is 3.15. The Morgan fingerprint density at radius 3 is 2.00 bits per heavy atom. The molecule has 2 aromatic rings. The van der Waals surface area contributed by atoms with Crippen molar-refractivity contribution in [2.24, 2.45) is 0 Å². The van der Waals surface area contributed by atoms with E-state index in [2.05, 4.69) is 10.6 Å². The molecule has 0 saturated carbocycles. The fourth-order valence-electron chi connectivity index (χ4n) is 2.71. The molecule has 1 unspecified atom stereocenters. The van der Waals surface area contributed by atoms with Crippen LogP contribution in [0.1, 0.15) is 24.5 Å². The van der Waals surface area contributed by atoms with Crippen LogP contribution in [0.2, 0.25) is 10.0 Å². The van der Waals surface area contributed by atoms with Crippen LogP contribution in [0, 0.1) is 0 Å². The molecule has 28 heavy (non-hydrogen) atoms. The molecule has 0 fully saturated rings. The highest BCUT2D eigenvalue weighted by atomic mass is 35.5. The van der Waals surface area contributed by atoms with Crippen molar-refractivity contribution in [3.63, 3.8) is 0 Å². The minimum atomic E-state index is -0.734. The normalized spacial score (nSPS) is 12.9. The lowest BCUT2D eigenvalue weighted by Crippen LogP contribution is -2.50. The molecule has 150 valence electrons. The Balaban J connectivity index is 2.07. The average molecular weight is 423 g/mol. The van der Waals surface area contributed by atoms with Crippen LogP contribution >= 0.6 is 23.2 Å². The van der Waals surface area contributed by atoms with Gasteiger partial charge in [0.15, 0.2) is 0 Å². The van der Waals surface area contributed by atoms with Crippen LogP contribution in [0.25, 0.3) is 0 Å². The molecule has 2 rings (SSSR count). The van der Waals surface area contributed by atoms with Gasteiger partial charge in [0.2, 0.25) is 11.8 Å². The molecule has 0 aromatic heterocycles. The third kappa shape index (κ3) is 7.50. The number of aliphatic hydroxyl groups excluding tert-OH is 1. The monoisotopic (exact) mass is 422 g/mol. The van der Waals surface area contributed by atoms with E-state index >= 15 is 0 Å². The molecule has 0 spiro atoms. The number of carbonyl (C=O) groups excluding carboxylic acids is 2. The lowest BCUT2D eigenvalue weighted by molar-refractivity contribution is -0.129. The third-order valence-corrected chi connectivity index (χ3v) is 4.74. The van der Waals surface area contributed by atoms with Gasteiger partial charge in [0.05, 0.1) is 6.42 Å². The van der Waals surface area contributed by atoms with Gasteiger partial charge >= 0.3 is 0 Å². The molecule has 0 aliphatic heterocycles. The molecular weight excluding hydrogens is 399 g/mol. The smallest absolute Gasteiger partial charge is 0.243 e. The van der Waals surface area contributed by atoms with E-state index in [-0.39, 0.29) is 30.9 Å². The second-order valence-electron chi connectivity index (χ2n) is 6.68. The average Bonchev–Trinajstić information content (AvgIpc) is 2.65. The summed E-state index contributed by atoms with van der Waals surface area (Å²) in [6, 6.07) is 13.2. The minimum Gasteiger partial charge on any atom is -0.396 e. The van der Waals surface area contributed by atoms with Gasteiger partial charge in [0, 0.05) is 29.1 Å². The maximum atomic E-state index is 12.7. The Morgan fingerprint density at radius 2 is 1.46 bits per heavy atom. The van der Waals surface area contributed by atoms with Crippen molar-refractivity contribution in [3.05, 3.63) is 69.7 Å². The second-order valence-corrected chi connectivity index (χ2v) is 7.55. The van der Waals surface area contributed by atoms with E-state index in [1.165, 1.54) is 0 Å². The fourth-order valence-corrected chi connectivity index (χ4v) is 2.96. The first-order valence-electron chi connectivity index (χ1n) is 9.07. The predicted molar refractivity (Wildman–Crippen MR) is 112 cm³/mol. The zero-order valence-corrected chi connectivity index (χ0v) is 17.1. The van der Waals surface area contributed by atoms with Gasteiger partial charge in [0.1, 0.15) is 6.04 Å². The summed E-state index contributed by atoms with van der Waals surface area (Å²) in [4.78, 5) is 25.2. The Labute approximate surface area is 175 Å². The van der Waals surface area contributed by atoms with Gasteiger partial charge < -0.3 is 15.7 Å². The molecule has 0 saturated heterocycles. The topological polar surface area (TPSA) is 78.4 Å². The number of aliphatic hydroxyl groups is 1. The van der Waals surface area contributed by atoms with Crippen LogP contribution in [0.4, 0.5) is 0 Å². The van der Waals surface area contributed by atoms with E-state index in [0.29, 0.717) is 22.9 Å². The van der Waals surface area contributed by atoms with E-state index < -0.39 is 6.04 Å². The zero-order chi connectivity index (χ0) is 20.5. The van der Waals surface area contributed by atoms with Gasteiger partial charge in [-0.15, -0.1) is 0 Å². The molecule has 2 atom stereocenters. The van der Waals surface area contributed by atoms with Crippen molar-refractivity contribution in [3.8, 4) is 0 Å². The van der Waals surface area contributed by atoms with Crippen LogP contribution in [-0.4, -0.2) is 35.6 Å². The molecule has 7 heteroatoms. The molecule has 5 nitrogen and oxygen atoms in total. The van der Waals surface area contributed by atoms with E-state index in [1.54, 1.807) is 36.4 Å². The minimum absolute atomic E-state index is 0.0216.